The van der Waals surface area contributed by atoms with Crippen LogP contribution in [0.1, 0.15) is 10.7 Å². The first-order valence-corrected chi connectivity index (χ1v) is 7.17. The quantitative estimate of drug-likeness (QED) is 0.938. The molecule has 2 heterocycles. The highest BCUT2D eigenvalue weighted by atomic mass is 32.1. The van der Waals surface area contributed by atoms with Crippen LogP contribution in [0.4, 0.5) is 0 Å². The van der Waals surface area contributed by atoms with E-state index in [1.165, 1.54) is 11.3 Å². The Morgan fingerprint density at radius 2 is 2.25 bits per heavy atom. The number of benzene rings is 1. The first-order chi connectivity index (χ1) is 9.72. The molecule has 1 aromatic heterocycles. The van der Waals surface area contributed by atoms with Gasteiger partial charge in [0.1, 0.15) is 11.6 Å². The van der Waals surface area contributed by atoms with Crippen molar-refractivity contribution >= 4 is 17.2 Å². The Balaban J connectivity index is 1.59. The minimum absolute atomic E-state index is 0.188. The Kier molecular flexibility index (Phi) is 3.56. The van der Waals surface area contributed by atoms with Gasteiger partial charge in [-0.05, 0) is 19.1 Å². The molecule has 0 fully saturated rings. The van der Waals surface area contributed by atoms with E-state index in [1.54, 1.807) is 6.07 Å². The van der Waals surface area contributed by atoms with Crippen LogP contribution in [0.25, 0.3) is 0 Å². The van der Waals surface area contributed by atoms with Gasteiger partial charge in [-0.25, -0.2) is 4.98 Å². The summed E-state index contributed by atoms with van der Waals surface area (Å²) in [5, 5.41) is 5.66. The molecule has 0 radical (unpaired) electrons. The van der Waals surface area contributed by atoms with Gasteiger partial charge < -0.3 is 14.8 Å². The molecule has 0 saturated heterocycles. The number of fused-ring (bicyclic) bond motifs is 1. The number of nitrogens with zero attached hydrogens (tertiary/aromatic N) is 1. The van der Waals surface area contributed by atoms with Crippen LogP contribution in [0, 0.1) is 6.92 Å². The van der Waals surface area contributed by atoms with Gasteiger partial charge in [-0.15, -0.1) is 11.3 Å². The molecule has 0 aliphatic carbocycles. The lowest BCUT2D eigenvalue weighted by Gasteiger charge is -2.25. The molecular formula is C14H14N2O3S. The number of nitrogens with one attached hydrogen (secondary N) is 1. The van der Waals surface area contributed by atoms with Crippen LogP contribution in [-0.4, -0.2) is 23.6 Å². The molecule has 1 aromatic carbocycles. The normalized spacial score (nSPS) is 16.8. The molecule has 20 heavy (non-hydrogen) atoms. The van der Waals surface area contributed by atoms with E-state index in [2.05, 4.69) is 10.3 Å². The van der Waals surface area contributed by atoms with Crippen LogP contribution in [0.2, 0.25) is 0 Å². The second kappa shape index (κ2) is 5.50. The molecule has 1 N–H and O–H groups in total. The van der Waals surface area contributed by atoms with Crippen LogP contribution in [0.5, 0.6) is 11.5 Å². The minimum Gasteiger partial charge on any atom is -0.485 e. The molecule has 0 saturated carbocycles. The van der Waals surface area contributed by atoms with Gasteiger partial charge >= 0.3 is 0 Å². The van der Waals surface area contributed by atoms with Crippen molar-refractivity contribution in [3.8, 4) is 11.5 Å². The highest BCUT2D eigenvalue weighted by molar-refractivity contribution is 7.09. The largest absolute Gasteiger partial charge is 0.485 e. The van der Waals surface area contributed by atoms with Gasteiger partial charge in [0.2, 0.25) is 6.10 Å². The summed E-state index contributed by atoms with van der Waals surface area (Å²) in [5.74, 6) is 1.09. The van der Waals surface area contributed by atoms with Crippen molar-refractivity contribution in [2.75, 3.05) is 6.61 Å². The first kappa shape index (κ1) is 12.9. The molecule has 1 atom stereocenters. The number of thiazole rings is 1. The molecule has 3 rings (SSSR count). The molecule has 6 heteroatoms. The van der Waals surface area contributed by atoms with Crippen molar-refractivity contribution in [1.82, 2.24) is 10.3 Å². The summed E-state index contributed by atoms with van der Waals surface area (Å²) in [7, 11) is 0. The van der Waals surface area contributed by atoms with E-state index in [-0.39, 0.29) is 12.5 Å². The molecule has 1 aliphatic heterocycles. The fraction of sp³-hybridized carbons (Fsp3) is 0.286. The van der Waals surface area contributed by atoms with E-state index in [0.717, 1.165) is 10.7 Å². The van der Waals surface area contributed by atoms with Crippen molar-refractivity contribution in [2.24, 2.45) is 0 Å². The maximum Gasteiger partial charge on any atom is 0.265 e. The third kappa shape index (κ3) is 2.75. The Hall–Kier alpha value is -2.08. The number of carbonyl (C=O) groups is 1. The number of aromatic nitrogens is 1. The molecule has 0 bridgehead atoms. The van der Waals surface area contributed by atoms with Crippen molar-refractivity contribution < 1.29 is 14.3 Å². The molecular weight excluding hydrogens is 276 g/mol. The first-order valence-electron chi connectivity index (χ1n) is 6.29. The van der Waals surface area contributed by atoms with Crippen molar-refractivity contribution in [3.05, 3.63) is 40.3 Å². The van der Waals surface area contributed by atoms with Crippen LogP contribution >= 0.6 is 11.3 Å². The van der Waals surface area contributed by atoms with Crippen LogP contribution in [0.15, 0.2) is 29.6 Å². The molecule has 0 spiro atoms. The van der Waals surface area contributed by atoms with Gasteiger partial charge in [0.05, 0.1) is 6.54 Å². The molecule has 1 aliphatic rings. The van der Waals surface area contributed by atoms with E-state index < -0.39 is 6.10 Å². The van der Waals surface area contributed by atoms with E-state index in [0.29, 0.717) is 18.0 Å². The number of ether oxygens (including phenoxy) is 2. The molecule has 2 aromatic rings. The Labute approximate surface area is 120 Å². The number of amides is 1. The number of rotatable bonds is 3. The van der Waals surface area contributed by atoms with Crippen molar-refractivity contribution in [2.45, 2.75) is 19.6 Å². The number of hydrogen-bond donors (Lipinski definition) is 1. The zero-order valence-electron chi connectivity index (χ0n) is 11.0. The zero-order valence-corrected chi connectivity index (χ0v) is 11.8. The summed E-state index contributed by atoms with van der Waals surface area (Å²) in [4.78, 5) is 16.3. The molecule has 5 nitrogen and oxygen atoms in total. The van der Waals surface area contributed by atoms with Crippen molar-refractivity contribution in [3.63, 3.8) is 0 Å². The standard InChI is InChI=1S/C14H14N2O3S/c1-9-8-20-13(16-9)6-15-14(17)12-7-18-10-4-2-3-5-11(10)19-12/h2-5,8,12H,6-7H2,1H3,(H,15,17)/t12-/m1/s1. The number of carbonyl (C=O) groups excluding carboxylic acids is 1. The van der Waals surface area contributed by atoms with Crippen LogP contribution in [0.3, 0.4) is 0 Å². The fourth-order valence-electron chi connectivity index (χ4n) is 1.91. The second-order valence-corrected chi connectivity index (χ2v) is 5.41. The van der Waals surface area contributed by atoms with E-state index in [4.69, 9.17) is 9.47 Å². The predicted octanol–water partition coefficient (Wildman–Crippen LogP) is 1.91. The van der Waals surface area contributed by atoms with Crippen molar-refractivity contribution in [1.29, 1.82) is 0 Å². The third-order valence-electron chi connectivity index (χ3n) is 2.88. The van der Waals surface area contributed by atoms with Gasteiger partial charge in [0, 0.05) is 11.1 Å². The maximum atomic E-state index is 12.0. The molecule has 1 amide bonds. The fourth-order valence-corrected chi connectivity index (χ4v) is 2.62. The molecule has 104 valence electrons. The average molecular weight is 290 g/mol. The minimum atomic E-state index is -0.619. The lowest BCUT2D eigenvalue weighted by molar-refractivity contribution is -0.130. The summed E-state index contributed by atoms with van der Waals surface area (Å²) in [6.07, 6.45) is -0.619. The number of hydrogen-bond acceptors (Lipinski definition) is 5. The maximum absolute atomic E-state index is 12.0. The highest BCUT2D eigenvalue weighted by Gasteiger charge is 2.27. The zero-order chi connectivity index (χ0) is 13.9. The lowest BCUT2D eigenvalue weighted by atomic mass is 10.2. The summed E-state index contributed by atoms with van der Waals surface area (Å²) in [6, 6.07) is 7.33. The smallest absolute Gasteiger partial charge is 0.265 e. The predicted molar refractivity (Wildman–Crippen MR) is 75.1 cm³/mol. The monoisotopic (exact) mass is 290 g/mol. The number of para-hydroxylation sites is 2. The summed E-state index contributed by atoms with van der Waals surface area (Å²) in [5.41, 5.74) is 0.963. The number of aryl methyl sites for hydroxylation is 1. The SMILES string of the molecule is Cc1csc(CNC(=O)[C@H]2COc3ccccc3O2)n1. The van der Waals surface area contributed by atoms with E-state index in [1.807, 2.05) is 30.5 Å². The highest BCUT2D eigenvalue weighted by Crippen LogP contribution is 2.30. The summed E-state index contributed by atoms with van der Waals surface area (Å²) >= 11 is 1.53. The van der Waals surface area contributed by atoms with E-state index >= 15 is 0 Å². The lowest BCUT2D eigenvalue weighted by Crippen LogP contribution is -2.43. The van der Waals surface area contributed by atoms with Gasteiger partial charge in [-0.3, -0.25) is 4.79 Å². The Morgan fingerprint density at radius 3 is 3.00 bits per heavy atom. The Bertz CT molecular complexity index is 626. The van der Waals surface area contributed by atoms with E-state index in [9.17, 15) is 4.79 Å². The van der Waals surface area contributed by atoms with Gasteiger partial charge in [-0.2, -0.15) is 0 Å². The van der Waals surface area contributed by atoms with Gasteiger partial charge in [0.15, 0.2) is 11.5 Å². The average Bonchev–Trinajstić information content (AvgIpc) is 2.90. The summed E-state index contributed by atoms with van der Waals surface area (Å²) < 4.78 is 11.1. The van der Waals surface area contributed by atoms with Crippen LogP contribution in [-0.2, 0) is 11.3 Å². The Morgan fingerprint density at radius 1 is 1.45 bits per heavy atom. The summed E-state index contributed by atoms with van der Waals surface area (Å²) in [6.45, 7) is 2.56. The van der Waals surface area contributed by atoms with Gasteiger partial charge in [0.25, 0.3) is 5.91 Å². The topological polar surface area (TPSA) is 60.5 Å². The second-order valence-electron chi connectivity index (χ2n) is 4.46. The third-order valence-corrected chi connectivity index (χ3v) is 3.85. The van der Waals surface area contributed by atoms with Gasteiger partial charge in [-0.1, -0.05) is 12.1 Å². The van der Waals surface area contributed by atoms with Crippen LogP contribution < -0.4 is 14.8 Å². The molecule has 0 unspecified atom stereocenters.